The van der Waals surface area contributed by atoms with Gasteiger partial charge in [-0.2, -0.15) is 0 Å². The Morgan fingerprint density at radius 3 is 2.11 bits per heavy atom. The molecule has 36 heavy (non-hydrogen) atoms. The summed E-state index contributed by atoms with van der Waals surface area (Å²) in [7, 11) is 0. The molecule has 1 spiro atoms. The second-order valence-electron chi connectivity index (χ2n) is 10.1. The number of hydrogen-bond donors (Lipinski definition) is 0. The lowest BCUT2D eigenvalue weighted by Crippen LogP contribution is -2.56. The second-order valence-corrected chi connectivity index (χ2v) is 10.1. The van der Waals surface area contributed by atoms with Crippen LogP contribution in [-0.4, -0.2) is 56.9 Å². The van der Waals surface area contributed by atoms with E-state index in [1.165, 1.54) is 6.07 Å². The first-order chi connectivity index (χ1) is 17.5. The van der Waals surface area contributed by atoms with Gasteiger partial charge in [0.1, 0.15) is 5.82 Å². The molecular weight excluding hydrogens is 457 g/mol. The van der Waals surface area contributed by atoms with Crippen LogP contribution in [0.5, 0.6) is 0 Å². The monoisotopic (exact) mass is 487 g/mol. The van der Waals surface area contributed by atoms with E-state index in [-0.39, 0.29) is 17.1 Å². The molecule has 0 saturated carbocycles. The minimum absolute atomic E-state index is 0.185. The fourth-order valence-electron chi connectivity index (χ4n) is 5.46. The van der Waals surface area contributed by atoms with Gasteiger partial charge in [0, 0.05) is 37.2 Å². The van der Waals surface area contributed by atoms with Gasteiger partial charge in [-0.1, -0.05) is 67.6 Å². The van der Waals surface area contributed by atoms with Crippen molar-refractivity contribution in [1.29, 1.82) is 0 Å². The molecule has 0 aromatic heterocycles. The van der Waals surface area contributed by atoms with E-state index < -0.39 is 5.79 Å². The van der Waals surface area contributed by atoms with Crippen molar-refractivity contribution >= 4 is 17.3 Å². The van der Waals surface area contributed by atoms with E-state index in [2.05, 4.69) is 28.9 Å². The molecule has 2 fully saturated rings. The number of rotatable bonds is 4. The largest absolute Gasteiger partial charge is 0.367 e. The van der Waals surface area contributed by atoms with Gasteiger partial charge in [0.15, 0.2) is 0 Å². The molecule has 186 valence electrons. The van der Waals surface area contributed by atoms with Crippen molar-refractivity contribution in [3.63, 3.8) is 0 Å². The number of halogens is 1. The first-order valence-corrected chi connectivity index (χ1v) is 12.5. The lowest BCUT2D eigenvalue weighted by atomic mass is 9.83. The van der Waals surface area contributed by atoms with Crippen LogP contribution >= 0.6 is 0 Å². The molecule has 6 nitrogen and oxygen atoms in total. The average molecular weight is 488 g/mol. The van der Waals surface area contributed by atoms with Crippen LogP contribution in [0.2, 0.25) is 0 Å². The molecule has 0 radical (unpaired) electrons. The number of anilines is 2. The maximum absolute atomic E-state index is 14.2. The Bertz CT molecular complexity index is 1250. The van der Waals surface area contributed by atoms with Crippen LogP contribution in [0.4, 0.5) is 15.8 Å². The van der Waals surface area contributed by atoms with Gasteiger partial charge >= 0.3 is 0 Å². The zero-order valence-corrected chi connectivity index (χ0v) is 20.4. The van der Waals surface area contributed by atoms with Crippen LogP contribution in [-0.2, 0) is 25.5 Å². The smallest absolute Gasteiger partial charge is 0.293 e. The quantitative estimate of drug-likeness (QED) is 0.554. The molecule has 2 saturated heterocycles. The fourth-order valence-corrected chi connectivity index (χ4v) is 5.46. The van der Waals surface area contributed by atoms with Crippen molar-refractivity contribution in [2.24, 2.45) is 0 Å². The highest BCUT2D eigenvalue weighted by Gasteiger charge is 2.57. The average Bonchev–Trinajstić information content (AvgIpc) is 3.15. The van der Waals surface area contributed by atoms with E-state index in [1.807, 2.05) is 54.6 Å². The molecule has 3 heterocycles. The number of nitrogens with zero attached hydrogens (tertiary/aromatic N) is 3. The van der Waals surface area contributed by atoms with Crippen LogP contribution in [0, 0.1) is 5.82 Å². The Kier molecular flexibility index (Phi) is 5.79. The van der Waals surface area contributed by atoms with Crippen LogP contribution in [0.25, 0.3) is 0 Å². The normalized spacial score (nSPS) is 26.4. The van der Waals surface area contributed by atoms with Crippen molar-refractivity contribution < 1.29 is 18.7 Å². The number of carbonyl (C=O) groups excluding carboxylic acids is 1. The van der Waals surface area contributed by atoms with Gasteiger partial charge in [-0.15, -0.1) is 0 Å². The third kappa shape index (κ3) is 3.79. The van der Waals surface area contributed by atoms with Crippen LogP contribution in [0.15, 0.2) is 78.9 Å². The summed E-state index contributed by atoms with van der Waals surface area (Å²) in [6.45, 7) is 6.13. The molecule has 3 aromatic carbocycles. The molecule has 3 aromatic rings. The summed E-state index contributed by atoms with van der Waals surface area (Å²) in [5, 5.41) is 0. The number of para-hydroxylation sites is 2. The maximum atomic E-state index is 14.2. The highest BCUT2D eigenvalue weighted by atomic mass is 19.1. The molecule has 6 rings (SSSR count). The van der Waals surface area contributed by atoms with E-state index >= 15 is 0 Å². The third-order valence-corrected chi connectivity index (χ3v) is 7.64. The predicted molar refractivity (Wildman–Crippen MR) is 136 cm³/mol. The Morgan fingerprint density at radius 1 is 0.806 bits per heavy atom. The molecule has 0 bridgehead atoms. The van der Waals surface area contributed by atoms with Gasteiger partial charge in [-0.25, -0.2) is 4.39 Å². The predicted octanol–water partition coefficient (Wildman–Crippen LogP) is 4.11. The van der Waals surface area contributed by atoms with Gasteiger partial charge in [0.25, 0.3) is 11.7 Å². The second kappa shape index (κ2) is 9.00. The number of ether oxygens (including phenoxy) is 2. The van der Waals surface area contributed by atoms with E-state index in [0.29, 0.717) is 38.7 Å². The first-order valence-electron chi connectivity index (χ1n) is 12.5. The number of carbonyl (C=O) groups is 1. The number of piperazine rings is 1. The van der Waals surface area contributed by atoms with Crippen molar-refractivity contribution in [3.05, 3.63) is 95.8 Å². The van der Waals surface area contributed by atoms with Crippen LogP contribution in [0.3, 0.4) is 0 Å². The first kappa shape index (κ1) is 23.2. The van der Waals surface area contributed by atoms with Gasteiger partial charge in [-0.05, 0) is 23.8 Å². The molecular formula is C29H30FN3O3. The fraction of sp³-hybridized carbons (Fsp3) is 0.345. The molecule has 1 amide bonds. The number of benzene rings is 3. The summed E-state index contributed by atoms with van der Waals surface area (Å²) in [5.74, 6) is -1.80. The molecule has 3 aliphatic rings. The highest BCUT2D eigenvalue weighted by molar-refractivity contribution is 6.06. The summed E-state index contributed by atoms with van der Waals surface area (Å²) in [6, 6.07) is 24.8. The number of fused-ring (bicyclic) bond motifs is 2. The Hall–Kier alpha value is -3.26. The van der Waals surface area contributed by atoms with Gasteiger partial charge in [0.05, 0.1) is 31.3 Å². The Balaban J connectivity index is 1.18. The maximum Gasteiger partial charge on any atom is 0.293 e. The van der Waals surface area contributed by atoms with Gasteiger partial charge in [-0.3, -0.25) is 14.6 Å². The highest BCUT2D eigenvalue weighted by Crippen LogP contribution is 2.48. The third-order valence-electron chi connectivity index (χ3n) is 7.64. The summed E-state index contributed by atoms with van der Waals surface area (Å²) < 4.78 is 27.0. The van der Waals surface area contributed by atoms with Crippen LogP contribution < -0.4 is 9.80 Å². The standard InChI is InChI=1S/C29H30FN3O3/c1-28(22-9-3-2-4-10-22)19-35-29(36-20-28)23-11-5-7-13-25(23)33(27(29)34)21-31-15-17-32(18-16-31)26-14-8-6-12-24(26)30/h2-14H,15-21H2,1H3. The minimum atomic E-state index is -1.42. The topological polar surface area (TPSA) is 45.3 Å². The summed E-state index contributed by atoms with van der Waals surface area (Å²) in [6.07, 6.45) is 0. The van der Waals surface area contributed by atoms with Crippen LogP contribution in [0.1, 0.15) is 18.1 Å². The van der Waals surface area contributed by atoms with E-state index in [9.17, 15) is 9.18 Å². The zero-order valence-electron chi connectivity index (χ0n) is 20.4. The molecule has 0 unspecified atom stereocenters. The molecule has 0 atom stereocenters. The minimum Gasteiger partial charge on any atom is -0.367 e. The van der Waals surface area contributed by atoms with E-state index in [0.717, 1.165) is 29.9 Å². The molecule has 0 aliphatic carbocycles. The summed E-state index contributed by atoms with van der Waals surface area (Å²) in [4.78, 5) is 19.9. The number of hydrogen-bond acceptors (Lipinski definition) is 5. The van der Waals surface area contributed by atoms with E-state index in [4.69, 9.17) is 9.47 Å². The SMILES string of the molecule is CC1(c2ccccc2)COC2(OC1)C(=O)N(CN1CCN(c3ccccc3F)CC1)c1ccccc12. The van der Waals surface area contributed by atoms with Crippen molar-refractivity contribution in [1.82, 2.24) is 4.90 Å². The number of amides is 1. The molecule has 7 heteroatoms. The Labute approximate surface area is 210 Å². The van der Waals surface area contributed by atoms with Crippen molar-refractivity contribution in [3.8, 4) is 0 Å². The van der Waals surface area contributed by atoms with Crippen molar-refractivity contribution in [2.45, 2.75) is 18.1 Å². The lowest BCUT2D eigenvalue weighted by Gasteiger charge is -2.42. The summed E-state index contributed by atoms with van der Waals surface area (Å²) >= 11 is 0. The van der Waals surface area contributed by atoms with Gasteiger partial charge in [0.2, 0.25) is 0 Å². The van der Waals surface area contributed by atoms with Crippen molar-refractivity contribution in [2.75, 3.05) is 55.9 Å². The lowest BCUT2D eigenvalue weighted by molar-refractivity contribution is -0.276. The zero-order chi connectivity index (χ0) is 24.8. The summed E-state index contributed by atoms with van der Waals surface area (Å²) in [5.41, 5.74) is 3.00. The molecule has 3 aliphatic heterocycles. The van der Waals surface area contributed by atoms with Gasteiger partial charge < -0.3 is 14.4 Å². The molecule has 0 N–H and O–H groups in total. The Morgan fingerprint density at radius 2 is 1.42 bits per heavy atom. The van der Waals surface area contributed by atoms with E-state index in [1.54, 1.807) is 11.0 Å².